The average molecular weight is 317 g/mol. The molecule has 0 fully saturated rings. The van der Waals surface area contributed by atoms with Gasteiger partial charge in [-0.25, -0.2) is 0 Å². The maximum absolute atomic E-state index is 12.7. The Labute approximate surface area is 124 Å². The van der Waals surface area contributed by atoms with Crippen molar-refractivity contribution in [2.75, 3.05) is 6.54 Å². The Bertz CT molecular complexity index is 569. The SMILES string of the molecule is O=C(O)CCCC(=O)CNC(=O)c1ccccc1C(F)(F)F. The fourth-order valence-corrected chi connectivity index (χ4v) is 1.73. The lowest BCUT2D eigenvalue weighted by Crippen LogP contribution is -2.31. The number of hydrogen-bond donors (Lipinski definition) is 2. The molecule has 120 valence electrons. The van der Waals surface area contributed by atoms with Crippen LogP contribution in [-0.2, 0) is 15.8 Å². The number of hydrogen-bond acceptors (Lipinski definition) is 3. The maximum atomic E-state index is 12.7. The third-order valence-corrected chi connectivity index (χ3v) is 2.77. The first kappa shape index (κ1) is 17.7. The summed E-state index contributed by atoms with van der Waals surface area (Å²) in [6.45, 7) is -0.440. The fourth-order valence-electron chi connectivity index (χ4n) is 1.73. The number of rotatable bonds is 7. The molecule has 0 aliphatic heterocycles. The molecular formula is C14H14F3NO4. The summed E-state index contributed by atoms with van der Waals surface area (Å²) in [4.78, 5) is 33.4. The molecule has 0 radical (unpaired) electrons. The number of Topliss-reactive ketones (excluding diaryl/α,β-unsaturated/α-hetero) is 1. The zero-order chi connectivity index (χ0) is 16.8. The Morgan fingerprint density at radius 2 is 1.73 bits per heavy atom. The van der Waals surface area contributed by atoms with Crippen LogP contribution in [-0.4, -0.2) is 29.3 Å². The van der Waals surface area contributed by atoms with Crippen LogP contribution in [0.25, 0.3) is 0 Å². The van der Waals surface area contributed by atoms with Crippen LogP contribution in [0.4, 0.5) is 13.2 Å². The molecular weight excluding hydrogens is 303 g/mol. The van der Waals surface area contributed by atoms with E-state index >= 15 is 0 Å². The minimum atomic E-state index is -4.67. The topological polar surface area (TPSA) is 83.5 Å². The lowest BCUT2D eigenvalue weighted by molar-refractivity contribution is -0.138. The lowest BCUT2D eigenvalue weighted by atomic mass is 10.1. The maximum Gasteiger partial charge on any atom is 0.417 e. The summed E-state index contributed by atoms with van der Waals surface area (Å²) in [5.41, 5.74) is -1.64. The Hall–Kier alpha value is -2.38. The summed E-state index contributed by atoms with van der Waals surface area (Å²) in [7, 11) is 0. The van der Waals surface area contributed by atoms with E-state index in [0.717, 1.165) is 18.2 Å². The van der Waals surface area contributed by atoms with Crippen molar-refractivity contribution in [3.63, 3.8) is 0 Å². The van der Waals surface area contributed by atoms with Gasteiger partial charge in [0.15, 0.2) is 5.78 Å². The van der Waals surface area contributed by atoms with Crippen LogP contribution in [0.3, 0.4) is 0 Å². The number of carbonyl (C=O) groups is 3. The van der Waals surface area contributed by atoms with Gasteiger partial charge < -0.3 is 10.4 Å². The summed E-state index contributed by atoms with van der Waals surface area (Å²) in [5.74, 6) is -2.49. The first-order chi connectivity index (χ1) is 10.2. The standard InChI is InChI=1S/C14H14F3NO4/c15-14(16,17)11-6-2-1-5-10(11)13(22)18-8-9(19)4-3-7-12(20)21/h1-2,5-6H,3-4,7-8H2,(H,18,22)(H,20,21). The lowest BCUT2D eigenvalue weighted by Gasteiger charge is -2.12. The molecule has 22 heavy (non-hydrogen) atoms. The summed E-state index contributed by atoms with van der Waals surface area (Å²) in [5, 5.41) is 10.5. The minimum Gasteiger partial charge on any atom is -0.481 e. The van der Waals surface area contributed by atoms with Gasteiger partial charge in [0, 0.05) is 12.8 Å². The molecule has 2 N–H and O–H groups in total. The second-order valence-corrected chi connectivity index (χ2v) is 4.51. The summed E-state index contributed by atoms with van der Waals surface area (Å²) < 4.78 is 38.2. The van der Waals surface area contributed by atoms with Gasteiger partial charge in [-0.1, -0.05) is 12.1 Å². The zero-order valence-corrected chi connectivity index (χ0v) is 11.4. The first-order valence-electron chi connectivity index (χ1n) is 6.39. The van der Waals surface area contributed by atoms with Crippen molar-refractivity contribution in [1.29, 1.82) is 0 Å². The number of nitrogens with one attached hydrogen (secondary N) is 1. The summed E-state index contributed by atoms with van der Waals surface area (Å²) in [6, 6.07) is 4.26. The normalized spacial score (nSPS) is 11.0. The molecule has 0 spiro atoms. The number of amides is 1. The van der Waals surface area contributed by atoms with Crippen molar-refractivity contribution in [2.45, 2.75) is 25.4 Å². The van der Waals surface area contributed by atoms with Gasteiger partial charge in [-0.15, -0.1) is 0 Å². The van der Waals surface area contributed by atoms with Gasteiger partial charge in [-0.05, 0) is 18.6 Å². The molecule has 0 bridgehead atoms. The van der Waals surface area contributed by atoms with Crippen LogP contribution in [0.1, 0.15) is 35.2 Å². The van der Waals surface area contributed by atoms with Gasteiger partial charge in [-0.3, -0.25) is 14.4 Å². The molecule has 1 aromatic rings. The molecule has 1 aromatic carbocycles. The number of aliphatic carboxylic acids is 1. The van der Waals surface area contributed by atoms with Crippen molar-refractivity contribution >= 4 is 17.7 Å². The van der Waals surface area contributed by atoms with E-state index in [-0.39, 0.29) is 19.3 Å². The highest BCUT2D eigenvalue weighted by atomic mass is 19.4. The molecule has 0 aliphatic rings. The predicted octanol–water partition coefficient (Wildman–Crippen LogP) is 2.26. The molecule has 0 atom stereocenters. The van der Waals surface area contributed by atoms with Crippen LogP contribution >= 0.6 is 0 Å². The number of halogens is 3. The number of benzene rings is 1. The van der Waals surface area contributed by atoms with E-state index in [1.807, 2.05) is 0 Å². The molecule has 5 nitrogen and oxygen atoms in total. The third kappa shape index (κ3) is 5.55. The van der Waals surface area contributed by atoms with E-state index in [4.69, 9.17) is 5.11 Å². The van der Waals surface area contributed by atoms with Gasteiger partial charge in [-0.2, -0.15) is 13.2 Å². The van der Waals surface area contributed by atoms with Crippen LogP contribution in [0.2, 0.25) is 0 Å². The summed E-state index contributed by atoms with van der Waals surface area (Å²) in [6.07, 6.45) is -4.80. The molecule has 0 saturated carbocycles. The Morgan fingerprint density at radius 3 is 2.32 bits per heavy atom. The van der Waals surface area contributed by atoms with E-state index in [1.165, 1.54) is 6.07 Å². The average Bonchev–Trinajstić information content (AvgIpc) is 2.43. The Balaban J connectivity index is 2.60. The van der Waals surface area contributed by atoms with Crippen LogP contribution in [0, 0.1) is 0 Å². The quantitative estimate of drug-likeness (QED) is 0.808. The molecule has 0 unspecified atom stereocenters. The second kappa shape index (κ2) is 7.58. The van der Waals surface area contributed by atoms with Crippen molar-refractivity contribution in [1.82, 2.24) is 5.32 Å². The van der Waals surface area contributed by atoms with Gasteiger partial charge in [0.05, 0.1) is 17.7 Å². The largest absolute Gasteiger partial charge is 0.481 e. The predicted molar refractivity (Wildman–Crippen MR) is 70.3 cm³/mol. The highest BCUT2D eigenvalue weighted by Crippen LogP contribution is 2.31. The number of carboxylic acid groups (broad SMARTS) is 1. The van der Waals surface area contributed by atoms with Crippen molar-refractivity contribution in [3.8, 4) is 0 Å². The van der Waals surface area contributed by atoms with Crippen molar-refractivity contribution in [3.05, 3.63) is 35.4 Å². The highest BCUT2D eigenvalue weighted by molar-refractivity contribution is 5.98. The summed E-state index contributed by atoms with van der Waals surface area (Å²) >= 11 is 0. The number of ketones is 1. The molecule has 8 heteroatoms. The van der Waals surface area contributed by atoms with Crippen LogP contribution < -0.4 is 5.32 Å². The first-order valence-corrected chi connectivity index (χ1v) is 6.39. The molecule has 1 rings (SSSR count). The fraction of sp³-hybridized carbons (Fsp3) is 0.357. The Kier molecular flexibility index (Phi) is 6.09. The second-order valence-electron chi connectivity index (χ2n) is 4.51. The van der Waals surface area contributed by atoms with Gasteiger partial charge in [0.1, 0.15) is 0 Å². The van der Waals surface area contributed by atoms with E-state index < -0.39 is 41.5 Å². The zero-order valence-electron chi connectivity index (χ0n) is 11.4. The van der Waals surface area contributed by atoms with E-state index in [9.17, 15) is 27.6 Å². The molecule has 1 amide bonds. The van der Waals surface area contributed by atoms with Crippen LogP contribution in [0.15, 0.2) is 24.3 Å². The molecule has 0 saturated heterocycles. The van der Waals surface area contributed by atoms with Crippen LogP contribution in [0.5, 0.6) is 0 Å². The minimum absolute atomic E-state index is 0.0620. The van der Waals surface area contributed by atoms with Crippen molar-refractivity contribution in [2.24, 2.45) is 0 Å². The number of carboxylic acids is 1. The third-order valence-electron chi connectivity index (χ3n) is 2.77. The highest BCUT2D eigenvalue weighted by Gasteiger charge is 2.34. The van der Waals surface area contributed by atoms with Gasteiger partial charge in [0.2, 0.25) is 0 Å². The van der Waals surface area contributed by atoms with E-state index in [1.54, 1.807) is 0 Å². The van der Waals surface area contributed by atoms with E-state index in [2.05, 4.69) is 5.32 Å². The van der Waals surface area contributed by atoms with Gasteiger partial charge in [0.25, 0.3) is 5.91 Å². The number of alkyl halides is 3. The smallest absolute Gasteiger partial charge is 0.417 e. The molecule has 0 aliphatic carbocycles. The van der Waals surface area contributed by atoms with Crippen molar-refractivity contribution < 1.29 is 32.7 Å². The Morgan fingerprint density at radius 1 is 1.09 bits per heavy atom. The van der Waals surface area contributed by atoms with Gasteiger partial charge >= 0.3 is 12.1 Å². The monoisotopic (exact) mass is 317 g/mol. The van der Waals surface area contributed by atoms with E-state index in [0.29, 0.717) is 0 Å². The molecule has 0 heterocycles. The number of carbonyl (C=O) groups excluding carboxylic acids is 2. The molecule has 0 aromatic heterocycles.